The maximum absolute atomic E-state index is 12.5. The van der Waals surface area contributed by atoms with Gasteiger partial charge in [-0.05, 0) is 31.0 Å². The van der Waals surface area contributed by atoms with Gasteiger partial charge in [-0.25, -0.2) is 13.2 Å². The van der Waals surface area contributed by atoms with Gasteiger partial charge in [-0.15, -0.1) is 0 Å². The molecule has 1 saturated heterocycles. The molecule has 6 nitrogen and oxygen atoms in total. The average Bonchev–Trinajstić information content (AvgIpc) is 2.38. The molecule has 1 aliphatic rings. The van der Waals surface area contributed by atoms with Crippen LogP contribution < -0.4 is 5.32 Å². The highest BCUT2D eigenvalue weighted by molar-refractivity contribution is 9.10. The standard InChI is InChI=1S/C12H15BrN2O4S/c13-9-3-1-5-11(7-9)20(18,19)15-6-2-4-10(8-15)14-12(16)17/h1,3,5,7,10,14H,2,4,6,8H2,(H,16,17). The molecule has 110 valence electrons. The SMILES string of the molecule is O=C(O)NC1CCCN(S(=O)(=O)c2cccc(Br)c2)C1. The summed E-state index contributed by atoms with van der Waals surface area (Å²) >= 11 is 3.25. The number of rotatable bonds is 3. The number of hydrogen-bond donors (Lipinski definition) is 2. The molecule has 2 N–H and O–H groups in total. The fraction of sp³-hybridized carbons (Fsp3) is 0.417. The van der Waals surface area contributed by atoms with Gasteiger partial charge >= 0.3 is 6.09 Å². The molecule has 0 spiro atoms. The number of carboxylic acid groups (broad SMARTS) is 1. The molecule has 1 aliphatic heterocycles. The highest BCUT2D eigenvalue weighted by atomic mass is 79.9. The Morgan fingerprint density at radius 2 is 2.20 bits per heavy atom. The van der Waals surface area contributed by atoms with Gasteiger partial charge in [0.15, 0.2) is 0 Å². The van der Waals surface area contributed by atoms with Gasteiger partial charge < -0.3 is 10.4 Å². The lowest BCUT2D eigenvalue weighted by molar-refractivity contribution is 0.181. The summed E-state index contributed by atoms with van der Waals surface area (Å²) in [6.45, 7) is 0.577. The zero-order chi connectivity index (χ0) is 14.8. The van der Waals surface area contributed by atoms with E-state index in [1.54, 1.807) is 18.2 Å². The van der Waals surface area contributed by atoms with Crippen molar-refractivity contribution in [3.05, 3.63) is 28.7 Å². The number of amides is 1. The lowest BCUT2D eigenvalue weighted by Crippen LogP contribution is -2.49. The van der Waals surface area contributed by atoms with E-state index in [1.807, 2.05) is 0 Å². The van der Waals surface area contributed by atoms with E-state index in [0.717, 1.165) is 0 Å². The van der Waals surface area contributed by atoms with Crippen LogP contribution in [-0.4, -0.2) is 43.1 Å². The van der Waals surface area contributed by atoms with E-state index in [2.05, 4.69) is 21.2 Å². The van der Waals surface area contributed by atoms with Crippen LogP contribution in [0.4, 0.5) is 4.79 Å². The summed E-state index contributed by atoms with van der Waals surface area (Å²) < 4.78 is 27.0. The maximum Gasteiger partial charge on any atom is 0.404 e. The van der Waals surface area contributed by atoms with Crippen LogP contribution >= 0.6 is 15.9 Å². The Morgan fingerprint density at radius 3 is 2.85 bits per heavy atom. The van der Waals surface area contributed by atoms with Gasteiger partial charge in [0.2, 0.25) is 10.0 Å². The lowest BCUT2D eigenvalue weighted by Gasteiger charge is -2.31. The molecule has 1 atom stereocenters. The second-order valence-electron chi connectivity index (χ2n) is 4.61. The van der Waals surface area contributed by atoms with Gasteiger partial charge in [-0.1, -0.05) is 22.0 Å². The van der Waals surface area contributed by atoms with Crippen LogP contribution in [0.3, 0.4) is 0 Å². The number of benzene rings is 1. The molecule has 1 aromatic carbocycles. The zero-order valence-corrected chi connectivity index (χ0v) is 13.0. The molecule has 20 heavy (non-hydrogen) atoms. The minimum absolute atomic E-state index is 0.168. The van der Waals surface area contributed by atoms with E-state index in [0.29, 0.717) is 23.9 Å². The number of carbonyl (C=O) groups is 1. The number of piperidine rings is 1. The average molecular weight is 363 g/mol. The third-order valence-corrected chi connectivity index (χ3v) is 5.50. The first kappa shape index (κ1) is 15.3. The minimum atomic E-state index is -3.58. The van der Waals surface area contributed by atoms with Crippen LogP contribution in [0, 0.1) is 0 Å². The van der Waals surface area contributed by atoms with Gasteiger partial charge in [-0.2, -0.15) is 4.31 Å². The van der Waals surface area contributed by atoms with Gasteiger partial charge in [-0.3, -0.25) is 0 Å². The van der Waals surface area contributed by atoms with Crippen LogP contribution in [0.2, 0.25) is 0 Å². The number of halogens is 1. The van der Waals surface area contributed by atoms with Crippen LogP contribution in [0.25, 0.3) is 0 Å². The Kier molecular flexibility index (Phi) is 4.66. The summed E-state index contributed by atoms with van der Waals surface area (Å²) in [4.78, 5) is 10.9. The van der Waals surface area contributed by atoms with E-state index in [4.69, 9.17) is 5.11 Å². The van der Waals surface area contributed by atoms with E-state index in [9.17, 15) is 13.2 Å². The summed E-state index contributed by atoms with van der Waals surface area (Å²) in [5, 5.41) is 11.1. The van der Waals surface area contributed by atoms with Crippen LogP contribution in [0.5, 0.6) is 0 Å². The molecule has 1 aromatic rings. The Hall–Kier alpha value is -1.12. The Balaban J connectivity index is 2.19. The van der Waals surface area contributed by atoms with Crippen LogP contribution in [0.15, 0.2) is 33.6 Å². The summed E-state index contributed by atoms with van der Waals surface area (Å²) in [5.74, 6) is 0. The maximum atomic E-state index is 12.5. The van der Waals surface area contributed by atoms with Crippen molar-refractivity contribution in [2.75, 3.05) is 13.1 Å². The largest absolute Gasteiger partial charge is 0.465 e. The molecular weight excluding hydrogens is 348 g/mol. The van der Waals surface area contributed by atoms with Crippen molar-refractivity contribution >= 4 is 32.0 Å². The van der Waals surface area contributed by atoms with E-state index in [-0.39, 0.29) is 17.5 Å². The number of sulfonamides is 1. The molecule has 0 radical (unpaired) electrons. The van der Waals surface area contributed by atoms with Crippen molar-refractivity contribution in [2.45, 2.75) is 23.8 Å². The van der Waals surface area contributed by atoms with Crippen LogP contribution in [0.1, 0.15) is 12.8 Å². The third-order valence-electron chi connectivity index (χ3n) is 3.15. The normalized spacial score (nSPS) is 20.6. The number of nitrogens with one attached hydrogen (secondary N) is 1. The van der Waals surface area contributed by atoms with Crippen molar-refractivity contribution in [1.82, 2.24) is 9.62 Å². The fourth-order valence-electron chi connectivity index (χ4n) is 2.23. The van der Waals surface area contributed by atoms with E-state index < -0.39 is 16.1 Å². The van der Waals surface area contributed by atoms with E-state index >= 15 is 0 Å². The minimum Gasteiger partial charge on any atom is -0.465 e. The molecule has 0 saturated carbocycles. The highest BCUT2D eigenvalue weighted by Crippen LogP contribution is 2.23. The Bertz CT molecular complexity index is 605. The van der Waals surface area contributed by atoms with Crippen molar-refractivity contribution in [3.63, 3.8) is 0 Å². The monoisotopic (exact) mass is 362 g/mol. The number of nitrogens with zero attached hydrogens (tertiary/aromatic N) is 1. The quantitative estimate of drug-likeness (QED) is 0.859. The van der Waals surface area contributed by atoms with Gasteiger partial charge in [0.25, 0.3) is 0 Å². The third kappa shape index (κ3) is 3.50. The summed E-state index contributed by atoms with van der Waals surface area (Å²) in [7, 11) is -3.58. The van der Waals surface area contributed by atoms with E-state index in [1.165, 1.54) is 10.4 Å². The first-order valence-electron chi connectivity index (χ1n) is 6.15. The molecule has 8 heteroatoms. The zero-order valence-electron chi connectivity index (χ0n) is 10.6. The summed E-state index contributed by atoms with van der Waals surface area (Å²) in [5.41, 5.74) is 0. The highest BCUT2D eigenvalue weighted by Gasteiger charge is 2.30. The fourth-order valence-corrected chi connectivity index (χ4v) is 4.35. The summed E-state index contributed by atoms with van der Waals surface area (Å²) in [6, 6.07) is 6.14. The number of hydrogen-bond acceptors (Lipinski definition) is 3. The predicted molar refractivity (Wildman–Crippen MR) is 77.1 cm³/mol. The van der Waals surface area contributed by atoms with Crippen LogP contribution in [-0.2, 0) is 10.0 Å². The molecule has 1 heterocycles. The molecule has 0 bridgehead atoms. The van der Waals surface area contributed by atoms with Gasteiger partial charge in [0.05, 0.1) is 4.90 Å². The van der Waals surface area contributed by atoms with Crippen molar-refractivity contribution < 1.29 is 18.3 Å². The Labute approximate surface area is 126 Å². The smallest absolute Gasteiger partial charge is 0.404 e. The molecule has 1 unspecified atom stereocenters. The Morgan fingerprint density at radius 1 is 1.45 bits per heavy atom. The lowest BCUT2D eigenvalue weighted by atomic mass is 10.1. The van der Waals surface area contributed by atoms with Crippen molar-refractivity contribution in [1.29, 1.82) is 0 Å². The van der Waals surface area contributed by atoms with Gasteiger partial charge in [0.1, 0.15) is 0 Å². The topological polar surface area (TPSA) is 86.7 Å². The van der Waals surface area contributed by atoms with Crippen molar-refractivity contribution in [3.8, 4) is 0 Å². The first-order chi connectivity index (χ1) is 9.39. The summed E-state index contributed by atoms with van der Waals surface area (Å²) in [6.07, 6.45) is 0.159. The second kappa shape index (κ2) is 6.11. The molecule has 0 aromatic heterocycles. The van der Waals surface area contributed by atoms with Gasteiger partial charge in [0, 0.05) is 23.6 Å². The molecule has 1 fully saturated rings. The van der Waals surface area contributed by atoms with Crippen molar-refractivity contribution in [2.24, 2.45) is 0 Å². The predicted octanol–water partition coefficient (Wildman–Crippen LogP) is 1.87. The molecule has 2 rings (SSSR count). The molecular formula is C12H15BrN2O4S. The molecule has 1 amide bonds. The molecule has 0 aliphatic carbocycles. The first-order valence-corrected chi connectivity index (χ1v) is 8.38. The second-order valence-corrected chi connectivity index (χ2v) is 7.46.